The van der Waals surface area contributed by atoms with E-state index in [1.807, 2.05) is 24.3 Å². The number of nitrogens with zero attached hydrogens (tertiary/aromatic N) is 4. The van der Waals surface area contributed by atoms with Gasteiger partial charge in [0.25, 0.3) is 0 Å². The molecule has 0 aliphatic carbocycles. The molecule has 0 spiro atoms. The fourth-order valence-electron chi connectivity index (χ4n) is 2.63. The van der Waals surface area contributed by atoms with Gasteiger partial charge in [-0.05, 0) is 29.5 Å². The molecule has 4 rings (SSSR count). The number of ether oxygens (including phenoxy) is 2. The molecule has 0 radical (unpaired) electrons. The van der Waals surface area contributed by atoms with Crippen molar-refractivity contribution < 1.29 is 18.7 Å². The zero-order valence-electron chi connectivity index (χ0n) is 14.2. The van der Waals surface area contributed by atoms with Crippen LogP contribution in [0.25, 0.3) is 11.4 Å². The molecule has 138 valence electrons. The summed E-state index contributed by atoms with van der Waals surface area (Å²) in [7, 11) is 0. The first-order valence-electron chi connectivity index (χ1n) is 8.36. The first kappa shape index (κ1) is 17.0. The number of amides is 1. The predicted molar refractivity (Wildman–Crippen MR) is 92.6 cm³/mol. The molecule has 1 aliphatic heterocycles. The third kappa shape index (κ3) is 4.02. The van der Waals surface area contributed by atoms with Gasteiger partial charge in [-0.15, -0.1) is 10.2 Å². The van der Waals surface area contributed by atoms with Gasteiger partial charge in [-0.3, -0.25) is 4.79 Å². The molecule has 27 heavy (non-hydrogen) atoms. The quantitative estimate of drug-likeness (QED) is 0.732. The largest absolute Gasteiger partial charge is 0.486 e. The summed E-state index contributed by atoms with van der Waals surface area (Å²) in [5.41, 5.74) is 0.494. The van der Waals surface area contributed by atoms with Crippen LogP contribution in [0.4, 0.5) is 4.39 Å². The van der Waals surface area contributed by atoms with E-state index in [0.717, 1.165) is 4.80 Å². The van der Waals surface area contributed by atoms with E-state index in [1.54, 1.807) is 12.1 Å². The van der Waals surface area contributed by atoms with Crippen LogP contribution in [0.15, 0.2) is 48.5 Å². The first-order valence-corrected chi connectivity index (χ1v) is 8.36. The fraction of sp³-hybridized carbons (Fsp3) is 0.222. The molecule has 1 atom stereocenters. The van der Waals surface area contributed by atoms with E-state index < -0.39 is 5.82 Å². The van der Waals surface area contributed by atoms with E-state index in [4.69, 9.17) is 9.47 Å². The number of carbonyl (C=O) groups excluding carboxylic acids is 1. The number of benzene rings is 2. The number of rotatable bonds is 5. The maximum Gasteiger partial charge on any atom is 0.243 e. The summed E-state index contributed by atoms with van der Waals surface area (Å²) >= 11 is 0. The average Bonchev–Trinajstić information content (AvgIpc) is 3.15. The zero-order chi connectivity index (χ0) is 18.6. The minimum Gasteiger partial charge on any atom is -0.486 e. The standard InChI is InChI=1S/C18H16FN5O3/c19-13-5-3-4-12(8-13)18-21-23-24(22-18)10-17(25)20-9-14-11-26-15-6-1-2-7-16(15)27-14/h1-8,14H,9-11H2,(H,20,25)/t14-/m0/s1. The maximum atomic E-state index is 13.3. The van der Waals surface area contributed by atoms with Crippen molar-refractivity contribution >= 4 is 5.91 Å². The van der Waals surface area contributed by atoms with Crippen molar-refractivity contribution in [1.82, 2.24) is 25.5 Å². The molecule has 1 N–H and O–H groups in total. The SMILES string of the molecule is O=C(Cn1nnc(-c2cccc(F)c2)n1)NC[C@H]1COc2ccccc2O1. The summed E-state index contributed by atoms with van der Waals surface area (Å²) in [6.07, 6.45) is -0.282. The molecule has 0 saturated heterocycles. The Bertz CT molecular complexity index is 961. The van der Waals surface area contributed by atoms with Crippen molar-refractivity contribution in [3.63, 3.8) is 0 Å². The van der Waals surface area contributed by atoms with E-state index in [-0.39, 0.29) is 24.4 Å². The van der Waals surface area contributed by atoms with Gasteiger partial charge in [0.05, 0.1) is 6.54 Å². The van der Waals surface area contributed by atoms with Gasteiger partial charge in [0.2, 0.25) is 11.7 Å². The lowest BCUT2D eigenvalue weighted by molar-refractivity contribution is -0.122. The molecule has 8 nitrogen and oxygen atoms in total. The second-order valence-corrected chi connectivity index (χ2v) is 5.96. The van der Waals surface area contributed by atoms with E-state index in [9.17, 15) is 9.18 Å². The van der Waals surface area contributed by atoms with Crippen molar-refractivity contribution in [2.24, 2.45) is 0 Å². The molecule has 2 aromatic carbocycles. The number of hydrogen-bond donors (Lipinski definition) is 1. The van der Waals surface area contributed by atoms with Crippen LogP contribution in [0.1, 0.15) is 0 Å². The lowest BCUT2D eigenvalue weighted by Gasteiger charge is -2.26. The second-order valence-electron chi connectivity index (χ2n) is 5.96. The Morgan fingerprint density at radius 2 is 2.07 bits per heavy atom. The van der Waals surface area contributed by atoms with Gasteiger partial charge < -0.3 is 14.8 Å². The highest BCUT2D eigenvalue weighted by atomic mass is 19.1. The van der Waals surface area contributed by atoms with Crippen LogP contribution >= 0.6 is 0 Å². The lowest BCUT2D eigenvalue weighted by atomic mass is 10.2. The summed E-state index contributed by atoms with van der Waals surface area (Å²) < 4.78 is 24.7. The number of halogens is 1. The Labute approximate surface area is 153 Å². The van der Waals surface area contributed by atoms with Gasteiger partial charge >= 0.3 is 0 Å². The van der Waals surface area contributed by atoms with Gasteiger partial charge in [-0.1, -0.05) is 24.3 Å². The summed E-state index contributed by atoms with van der Waals surface area (Å²) in [6, 6.07) is 13.2. The number of carbonyl (C=O) groups is 1. The van der Waals surface area contributed by atoms with E-state index >= 15 is 0 Å². The Morgan fingerprint density at radius 1 is 1.22 bits per heavy atom. The molecule has 1 aromatic heterocycles. The highest BCUT2D eigenvalue weighted by Gasteiger charge is 2.21. The predicted octanol–water partition coefficient (Wildman–Crippen LogP) is 1.44. The molecule has 0 unspecified atom stereocenters. The van der Waals surface area contributed by atoms with Crippen molar-refractivity contribution in [3.8, 4) is 22.9 Å². The summed E-state index contributed by atoms with van der Waals surface area (Å²) in [5.74, 6) is 0.916. The number of para-hydroxylation sites is 2. The van der Waals surface area contributed by atoms with E-state index in [0.29, 0.717) is 30.2 Å². The van der Waals surface area contributed by atoms with Crippen molar-refractivity contribution in [2.45, 2.75) is 12.6 Å². The van der Waals surface area contributed by atoms with Crippen LogP contribution in [0.2, 0.25) is 0 Å². The molecule has 1 aliphatic rings. The molecule has 0 fully saturated rings. The van der Waals surface area contributed by atoms with Gasteiger partial charge in [0, 0.05) is 5.56 Å². The topological polar surface area (TPSA) is 91.2 Å². The molecule has 0 bridgehead atoms. The molecule has 3 aromatic rings. The lowest BCUT2D eigenvalue weighted by Crippen LogP contribution is -2.41. The maximum absolute atomic E-state index is 13.3. The molecule has 2 heterocycles. The smallest absolute Gasteiger partial charge is 0.243 e. The van der Waals surface area contributed by atoms with Crippen LogP contribution in [0.3, 0.4) is 0 Å². The highest BCUT2D eigenvalue weighted by Crippen LogP contribution is 2.30. The third-order valence-electron chi connectivity index (χ3n) is 3.92. The van der Waals surface area contributed by atoms with Crippen LogP contribution in [-0.2, 0) is 11.3 Å². The van der Waals surface area contributed by atoms with E-state index in [2.05, 4.69) is 20.7 Å². The summed E-state index contributed by atoms with van der Waals surface area (Å²) in [6.45, 7) is 0.535. The molecule has 0 saturated carbocycles. The van der Waals surface area contributed by atoms with Gasteiger partial charge in [0.15, 0.2) is 11.5 Å². The second kappa shape index (κ2) is 7.40. The Kier molecular flexibility index (Phi) is 4.65. The number of nitrogens with one attached hydrogen (secondary N) is 1. The van der Waals surface area contributed by atoms with Crippen molar-refractivity contribution in [2.75, 3.05) is 13.2 Å². The number of tetrazole rings is 1. The molecule has 9 heteroatoms. The van der Waals surface area contributed by atoms with Gasteiger partial charge in [0.1, 0.15) is 25.1 Å². The average molecular weight is 369 g/mol. The number of hydrogen-bond acceptors (Lipinski definition) is 6. The van der Waals surface area contributed by atoms with Crippen LogP contribution in [-0.4, -0.2) is 45.4 Å². The fourth-order valence-corrected chi connectivity index (χ4v) is 2.63. The minimum absolute atomic E-state index is 0.105. The highest BCUT2D eigenvalue weighted by molar-refractivity contribution is 5.75. The zero-order valence-corrected chi connectivity index (χ0v) is 14.2. The van der Waals surface area contributed by atoms with Gasteiger partial charge in [-0.2, -0.15) is 4.80 Å². The number of aromatic nitrogens is 4. The van der Waals surface area contributed by atoms with Crippen molar-refractivity contribution in [3.05, 3.63) is 54.3 Å². The Morgan fingerprint density at radius 3 is 2.93 bits per heavy atom. The van der Waals surface area contributed by atoms with Gasteiger partial charge in [-0.25, -0.2) is 4.39 Å². The monoisotopic (exact) mass is 369 g/mol. The van der Waals surface area contributed by atoms with Crippen molar-refractivity contribution in [1.29, 1.82) is 0 Å². The summed E-state index contributed by atoms with van der Waals surface area (Å²) in [4.78, 5) is 13.3. The molecular formula is C18H16FN5O3. The Hall–Kier alpha value is -3.49. The van der Waals surface area contributed by atoms with Crippen LogP contribution < -0.4 is 14.8 Å². The van der Waals surface area contributed by atoms with Crippen LogP contribution in [0.5, 0.6) is 11.5 Å². The van der Waals surface area contributed by atoms with E-state index in [1.165, 1.54) is 12.1 Å². The number of fused-ring (bicyclic) bond motifs is 1. The molecule has 1 amide bonds. The van der Waals surface area contributed by atoms with Crippen LogP contribution in [0, 0.1) is 5.82 Å². The summed E-state index contributed by atoms with van der Waals surface area (Å²) in [5, 5.41) is 14.5. The normalized spacial score (nSPS) is 15.4. The first-order chi connectivity index (χ1) is 13.2. The molecular weight excluding hydrogens is 353 g/mol. The Balaban J connectivity index is 1.30. The third-order valence-corrected chi connectivity index (χ3v) is 3.92. The minimum atomic E-state index is -0.391.